The molecule has 0 bridgehead atoms. The molecule has 0 aromatic heterocycles. The van der Waals surface area contributed by atoms with Crippen molar-refractivity contribution in [2.45, 2.75) is 44.2 Å². The van der Waals surface area contributed by atoms with Crippen molar-refractivity contribution in [1.29, 1.82) is 0 Å². The van der Waals surface area contributed by atoms with E-state index < -0.39 is 43.3 Å². The largest absolute Gasteiger partial charge is 0.486 e. The van der Waals surface area contributed by atoms with E-state index in [1.54, 1.807) is 6.92 Å². The van der Waals surface area contributed by atoms with Crippen LogP contribution in [0.1, 0.15) is 21.5 Å². The molecule has 2 aromatic rings. The molecule has 32 heavy (non-hydrogen) atoms. The van der Waals surface area contributed by atoms with Gasteiger partial charge in [-0.2, -0.15) is 0 Å². The number of rotatable bonds is 7. The van der Waals surface area contributed by atoms with Gasteiger partial charge >= 0.3 is 5.97 Å². The van der Waals surface area contributed by atoms with Crippen molar-refractivity contribution < 1.29 is 39.1 Å². The van der Waals surface area contributed by atoms with E-state index in [4.69, 9.17) is 42.1 Å². The van der Waals surface area contributed by atoms with Crippen LogP contribution in [-0.2, 0) is 20.8 Å². The third-order valence-electron chi connectivity index (χ3n) is 5.15. The average Bonchev–Trinajstić information content (AvgIpc) is 2.80. The van der Waals surface area contributed by atoms with Crippen molar-refractivity contribution in [2.75, 3.05) is 13.7 Å². The lowest BCUT2D eigenvalue weighted by Crippen LogP contribution is -2.59. The molecule has 0 unspecified atom stereocenters. The molecule has 2 aromatic carbocycles. The number of carbonyl (C=O) groups excluding carboxylic acids is 1. The topological polar surface area (TPSA) is 115 Å². The second-order valence-corrected chi connectivity index (χ2v) is 8.08. The first-order valence-corrected chi connectivity index (χ1v) is 10.5. The Labute approximate surface area is 195 Å². The Hall–Kier alpha value is -1.91. The molecule has 5 atom stereocenters. The van der Waals surface area contributed by atoms with Crippen molar-refractivity contribution in [1.82, 2.24) is 0 Å². The molecule has 0 saturated carbocycles. The minimum absolute atomic E-state index is 0.112. The predicted molar refractivity (Wildman–Crippen MR) is 116 cm³/mol. The lowest BCUT2D eigenvalue weighted by molar-refractivity contribution is -0.294. The number of benzene rings is 2. The molecule has 174 valence electrons. The van der Waals surface area contributed by atoms with E-state index in [0.717, 1.165) is 5.56 Å². The van der Waals surface area contributed by atoms with Crippen LogP contribution in [0, 0.1) is 6.92 Å². The monoisotopic (exact) mass is 486 g/mol. The molecule has 8 nitrogen and oxygen atoms in total. The lowest BCUT2D eigenvalue weighted by atomic mass is 9.99. The number of aliphatic hydroxyl groups is 3. The Morgan fingerprint density at radius 3 is 2.44 bits per heavy atom. The first-order valence-electron chi connectivity index (χ1n) is 9.79. The highest BCUT2D eigenvalue weighted by atomic mass is 35.5. The Kier molecular flexibility index (Phi) is 8.35. The summed E-state index contributed by atoms with van der Waals surface area (Å²) in [7, 11) is 1.27. The van der Waals surface area contributed by atoms with E-state index in [-0.39, 0.29) is 28.0 Å². The van der Waals surface area contributed by atoms with Crippen molar-refractivity contribution in [2.24, 2.45) is 0 Å². The number of methoxy groups -OCH3 is 1. The van der Waals surface area contributed by atoms with Crippen LogP contribution in [0.2, 0.25) is 10.0 Å². The quantitative estimate of drug-likeness (QED) is 0.511. The summed E-state index contributed by atoms with van der Waals surface area (Å²) >= 11 is 12.7. The number of esters is 1. The smallest absolute Gasteiger partial charge is 0.338 e. The van der Waals surface area contributed by atoms with Gasteiger partial charge < -0.3 is 34.3 Å². The summed E-state index contributed by atoms with van der Waals surface area (Å²) in [5.41, 5.74) is 1.44. The van der Waals surface area contributed by atoms with Crippen molar-refractivity contribution in [3.05, 3.63) is 63.1 Å². The van der Waals surface area contributed by atoms with Gasteiger partial charge in [0.1, 0.15) is 37.6 Å². The molecule has 1 heterocycles. The van der Waals surface area contributed by atoms with Gasteiger partial charge in [0, 0.05) is 7.11 Å². The molecule has 3 N–H and O–H groups in total. The molecule has 0 amide bonds. The molecule has 1 saturated heterocycles. The number of hydrogen-bond acceptors (Lipinski definition) is 8. The van der Waals surface area contributed by atoms with Gasteiger partial charge in [0.05, 0.1) is 15.6 Å². The Bertz CT molecular complexity index is 937. The van der Waals surface area contributed by atoms with Crippen LogP contribution in [0.5, 0.6) is 5.75 Å². The van der Waals surface area contributed by atoms with E-state index in [0.29, 0.717) is 5.56 Å². The summed E-state index contributed by atoms with van der Waals surface area (Å²) in [6.07, 6.45) is -6.73. The molecule has 1 fully saturated rings. The minimum atomic E-state index is -1.52. The minimum Gasteiger partial charge on any atom is -0.486 e. The van der Waals surface area contributed by atoms with Crippen molar-refractivity contribution in [3.8, 4) is 5.75 Å². The Morgan fingerprint density at radius 1 is 1.09 bits per heavy atom. The van der Waals surface area contributed by atoms with Gasteiger partial charge in [-0.1, -0.05) is 53.5 Å². The van der Waals surface area contributed by atoms with Gasteiger partial charge in [-0.25, -0.2) is 4.79 Å². The van der Waals surface area contributed by atoms with E-state index in [2.05, 4.69) is 0 Å². The van der Waals surface area contributed by atoms with Gasteiger partial charge in [0.15, 0.2) is 12.0 Å². The molecule has 3 rings (SSSR count). The van der Waals surface area contributed by atoms with Crippen LogP contribution in [-0.4, -0.2) is 65.7 Å². The summed E-state index contributed by atoms with van der Waals surface area (Å²) in [6.45, 7) is 1.47. The number of carbonyl (C=O) groups is 1. The Balaban J connectivity index is 1.69. The fourth-order valence-corrected chi connectivity index (χ4v) is 3.82. The fourth-order valence-electron chi connectivity index (χ4n) is 3.25. The molecule has 1 aliphatic rings. The van der Waals surface area contributed by atoms with Crippen LogP contribution >= 0.6 is 23.2 Å². The second kappa shape index (κ2) is 10.8. The van der Waals surface area contributed by atoms with Crippen molar-refractivity contribution >= 4 is 29.2 Å². The summed E-state index contributed by atoms with van der Waals surface area (Å²) in [5.74, 6) is -0.511. The molecule has 10 heteroatoms. The number of ether oxygens (including phenoxy) is 4. The number of halogens is 2. The van der Waals surface area contributed by atoms with Crippen LogP contribution in [0.3, 0.4) is 0 Å². The summed E-state index contributed by atoms with van der Waals surface area (Å²) in [4.78, 5) is 12.6. The number of aliphatic hydroxyl groups excluding tert-OH is 3. The first kappa shape index (κ1) is 24.7. The van der Waals surface area contributed by atoms with E-state index in [9.17, 15) is 20.1 Å². The predicted octanol–water partition coefficient (Wildman–Crippen LogP) is 2.49. The van der Waals surface area contributed by atoms with Crippen LogP contribution in [0.25, 0.3) is 0 Å². The highest BCUT2D eigenvalue weighted by molar-refractivity contribution is 6.38. The van der Waals surface area contributed by atoms with Gasteiger partial charge in [0.25, 0.3) is 0 Å². The Morgan fingerprint density at radius 2 is 1.78 bits per heavy atom. The van der Waals surface area contributed by atoms with E-state index >= 15 is 0 Å². The van der Waals surface area contributed by atoms with Gasteiger partial charge in [-0.3, -0.25) is 0 Å². The van der Waals surface area contributed by atoms with Gasteiger partial charge in [0.2, 0.25) is 0 Å². The SMILES string of the molecule is CO[C@@H]1O[C@H](COC(=O)c2cc(Cl)c(OCc3ccccc3)c(Cl)c2C)[C@@H](O)[C@H](O)[C@H]1O. The standard InChI is InChI=1S/C22H24Cl2O8/c1-11-13(8-14(23)20(16(11)24)30-9-12-6-4-3-5-7-12)21(28)31-10-15-17(25)18(26)19(27)22(29-2)32-15/h3-8,15,17-19,22,25-27H,9-10H2,1-2H3/t15-,17-,18+,19-,22-/m1/s1. The van der Waals surface area contributed by atoms with Crippen LogP contribution in [0.4, 0.5) is 0 Å². The zero-order chi connectivity index (χ0) is 23.4. The highest BCUT2D eigenvalue weighted by Gasteiger charge is 2.44. The zero-order valence-corrected chi connectivity index (χ0v) is 18.9. The molecule has 1 aliphatic heterocycles. The zero-order valence-electron chi connectivity index (χ0n) is 17.4. The van der Waals surface area contributed by atoms with Crippen LogP contribution < -0.4 is 4.74 Å². The first-order chi connectivity index (χ1) is 15.2. The molecular weight excluding hydrogens is 463 g/mol. The maximum atomic E-state index is 12.6. The molecular formula is C22H24Cl2O8. The highest BCUT2D eigenvalue weighted by Crippen LogP contribution is 2.38. The molecule has 0 spiro atoms. The van der Waals surface area contributed by atoms with Gasteiger partial charge in [-0.05, 0) is 24.1 Å². The summed E-state index contributed by atoms with van der Waals surface area (Å²) in [6, 6.07) is 10.8. The molecule has 0 aliphatic carbocycles. The second-order valence-electron chi connectivity index (χ2n) is 7.30. The van der Waals surface area contributed by atoms with E-state index in [1.165, 1.54) is 13.2 Å². The third kappa shape index (κ3) is 5.35. The lowest BCUT2D eigenvalue weighted by Gasteiger charge is -2.39. The maximum absolute atomic E-state index is 12.6. The fraction of sp³-hybridized carbons (Fsp3) is 0.409. The maximum Gasteiger partial charge on any atom is 0.338 e. The van der Waals surface area contributed by atoms with Gasteiger partial charge in [-0.15, -0.1) is 0 Å². The van der Waals surface area contributed by atoms with E-state index in [1.807, 2.05) is 30.3 Å². The summed E-state index contributed by atoms with van der Waals surface area (Å²) in [5, 5.41) is 30.1. The third-order valence-corrected chi connectivity index (χ3v) is 5.88. The average molecular weight is 487 g/mol. The van der Waals surface area contributed by atoms with Crippen LogP contribution in [0.15, 0.2) is 36.4 Å². The summed E-state index contributed by atoms with van der Waals surface area (Å²) < 4.78 is 21.3. The normalized spacial score (nSPS) is 25.4. The molecule has 0 radical (unpaired) electrons. The number of hydrogen-bond donors (Lipinski definition) is 3. The van der Waals surface area contributed by atoms with Crippen molar-refractivity contribution in [3.63, 3.8) is 0 Å².